The number of aryl methyl sites for hydroxylation is 2. The molecule has 0 unspecified atom stereocenters. The van der Waals surface area contributed by atoms with Crippen LogP contribution in [0.4, 0.5) is 10.2 Å². The fourth-order valence-corrected chi connectivity index (χ4v) is 5.08. The molecular formula is C23H25FN4OS. The zero-order valence-electron chi connectivity index (χ0n) is 17.3. The number of carbonyl (C=O) groups is 1. The van der Waals surface area contributed by atoms with Crippen molar-refractivity contribution in [2.45, 2.75) is 39.0 Å². The van der Waals surface area contributed by atoms with Crippen LogP contribution >= 0.6 is 11.3 Å². The Kier molecular flexibility index (Phi) is 4.93. The molecule has 5 rings (SSSR count). The molecule has 156 valence electrons. The molecule has 2 aromatic heterocycles. The molecule has 0 spiro atoms. The summed E-state index contributed by atoms with van der Waals surface area (Å²) in [6.07, 6.45) is 2.67. The number of halogens is 1. The molecule has 0 bridgehead atoms. The zero-order valence-corrected chi connectivity index (χ0v) is 18.1. The van der Waals surface area contributed by atoms with E-state index in [1.807, 2.05) is 4.90 Å². The molecule has 1 saturated heterocycles. The second-order valence-electron chi connectivity index (χ2n) is 8.31. The van der Waals surface area contributed by atoms with Crippen LogP contribution in [0.25, 0.3) is 10.2 Å². The lowest BCUT2D eigenvalue weighted by atomic mass is 10.1. The molecule has 30 heavy (non-hydrogen) atoms. The molecule has 1 aromatic carbocycles. The van der Waals surface area contributed by atoms with Gasteiger partial charge in [0, 0.05) is 37.0 Å². The molecule has 3 heterocycles. The van der Waals surface area contributed by atoms with E-state index in [1.165, 1.54) is 40.8 Å². The Hall–Kier alpha value is -2.54. The first-order valence-electron chi connectivity index (χ1n) is 10.5. The van der Waals surface area contributed by atoms with Crippen LogP contribution in [0.1, 0.15) is 40.6 Å². The van der Waals surface area contributed by atoms with Gasteiger partial charge in [0.15, 0.2) is 0 Å². The first-order valence-corrected chi connectivity index (χ1v) is 11.4. The minimum absolute atomic E-state index is 0.0929. The van der Waals surface area contributed by atoms with E-state index in [1.54, 1.807) is 23.5 Å². The molecule has 1 aliphatic carbocycles. The summed E-state index contributed by atoms with van der Waals surface area (Å²) in [7, 11) is 0. The van der Waals surface area contributed by atoms with Crippen molar-refractivity contribution in [3.63, 3.8) is 0 Å². The monoisotopic (exact) mass is 424 g/mol. The van der Waals surface area contributed by atoms with Gasteiger partial charge in [-0.2, -0.15) is 0 Å². The van der Waals surface area contributed by atoms with Crippen LogP contribution in [-0.2, 0) is 11.2 Å². The summed E-state index contributed by atoms with van der Waals surface area (Å²) in [5, 5.41) is 1.17. The first-order chi connectivity index (χ1) is 14.5. The van der Waals surface area contributed by atoms with Crippen molar-refractivity contribution in [1.82, 2.24) is 14.9 Å². The maximum Gasteiger partial charge on any atom is 0.227 e. The minimum atomic E-state index is -0.277. The number of rotatable bonds is 4. The molecular weight excluding hydrogens is 399 g/mol. The lowest BCUT2D eigenvalue weighted by Crippen LogP contribution is -2.49. The highest BCUT2D eigenvalue weighted by Gasteiger charge is 2.30. The molecule has 2 aliphatic rings. The van der Waals surface area contributed by atoms with Gasteiger partial charge < -0.3 is 9.80 Å². The molecule has 2 fully saturated rings. The van der Waals surface area contributed by atoms with Gasteiger partial charge >= 0.3 is 0 Å². The predicted molar refractivity (Wildman–Crippen MR) is 118 cm³/mol. The molecule has 0 N–H and O–H groups in total. The Bertz CT molecular complexity index is 1100. The molecule has 1 saturated carbocycles. The lowest BCUT2D eigenvalue weighted by molar-refractivity contribution is -0.130. The van der Waals surface area contributed by atoms with Crippen molar-refractivity contribution in [2.24, 2.45) is 0 Å². The smallest absolute Gasteiger partial charge is 0.227 e. The maximum absolute atomic E-state index is 13.1. The van der Waals surface area contributed by atoms with Crippen molar-refractivity contribution in [1.29, 1.82) is 0 Å². The number of benzene rings is 1. The van der Waals surface area contributed by atoms with Gasteiger partial charge in [-0.25, -0.2) is 14.4 Å². The van der Waals surface area contributed by atoms with E-state index in [4.69, 9.17) is 9.97 Å². The van der Waals surface area contributed by atoms with Crippen molar-refractivity contribution >= 4 is 33.3 Å². The number of carbonyl (C=O) groups excluding carboxylic acids is 1. The zero-order chi connectivity index (χ0) is 20.8. The van der Waals surface area contributed by atoms with E-state index in [0.29, 0.717) is 25.4 Å². The first kappa shape index (κ1) is 19.4. The van der Waals surface area contributed by atoms with Gasteiger partial charge in [0.2, 0.25) is 5.91 Å². The Labute approximate surface area is 179 Å². The van der Waals surface area contributed by atoms with E-state index in [9.17, 15) is 9.18 Å². The fraction of sp³-hybridized carbons (Fsp3) is 0.435. The second-order valence-corrected chi connectivity index (χ2v) is 9.52. The number of hydrogen-bond donors (Lipinski definition) is 0. The highest BCUT2D eigenvalue weighted by Crippen LogP contribution is 2.42. The Morgan fingerprint density at radius 1 is 1.10 bits per heavy atom. The standard InChI is InChI=1S/C23H25FN4OS/c1-14-15(2)30-23-20(14)22(25-21(26-23)17-5-6-17)28-11-9-27(10-12-28)19(29)13-16-3-7-18(24)8-4-16/h3-4,7-8,17H,5-6,9-13H2,1-2H3. The van der Waals surface area contributed by atoms with Crippen LogP contribution in [0.3, 0.4) is 0 Å². The van der Waals surface area contributed by atoms with Crippen LogP contribution in [0.5, 0.6) is 0 Å². The molecule has 0 radical (unpaired) electrons. The highest BCUT2D eigenvalue weighted by atomic mass is 32.1. The van der Waals surface area contributed by atoms with Gasteiger partial charge in [-0.15, -0.1) is 11.3 Å². The Morgan fingerprint density at radius 2 is 1.80 bits per heavy atom. The third-order valence-electron chi connectivity index (χ3n) is 6.17. The van der Waals surface area contributed by atoms with E-state index in [0.717, 1.165) is 35.1 Å². The van der Waals surface area contributed by atoms with Crippen LogP contribution < -0.4 is 4.90 Å². The molecule has 1 aliphatic heterocycles. The third kappa shape index (κ3) is 3.67. The normalized spacial score (nSPS) is 17.0. The summed E-state index contributed by atoms with van der Waals surface area (Å²) in [4.78, 5) is 29.2. The SMILES string of the molecule is Cc1sc2nc(C3CC3)nc(N3CCN(C(=O)Cc4ccc(F)cc4)CC3)c2c1C. The molecule has 0 atom stereocenters. The number of thiophene rings is 1. The van der Waals surface area contributed by atoms with Gasteiger partial charge in [-0.1, -0.05) is 12.1 Å². The summed E-state index contributed by atoms with van der Waals surface area (Å²) in [6, 6.07) is 6.18. The highest BCUT2D eigenvalue weighted by molar-refractivity contribution is 7.18. The van der Waals surface area contributed by atoms with Gasteiger partial charge in [0.25, 0.3) is 0 Å². The van der Waals surface area contributed by atoms with E-state index < -0.39 is 0 Å². The number of amides is 1. The van der Waals surface area contributed by atoms with Gasteiger partial charge in [-0.3, -0.25) is 4.79 Å². The summed E-state index contributed by atoms with van der Waals surface area (Å²) >= 11 is 1.75. The third-order valence-corrected chi connectivity index (χ3v) is 7.27. The van der Waals surface area contributed by atoms with Crippen molar-refractivity contribution in [2.75, 3.05) is 31.1 Å². The lowest BCUT2D eigenvalue weighted by Gasteiger charge is -2.36. The van der Waals surface area contributed by atoms with Gasteiger partial charge in [-0.05, 0) is 49.9 Å². The van der Waals surface area contributed by atoms with Crippen molar-refractivity contribution < 1.29 is 9.18 Å². The number of aromatic nitrogens is 2. The Morgan fingerprint density at radius 3 is 2.47 bits per heavy atom. The van der Waals surface area contributed by atoms with E-state index in [2.05, 4.69) is 18.7 Å². The van der Waals surface area contributed by atoms with Crippen LogP contribution in [0, 0.1) is 19.7 Å². The average molecular weight is 425 g/mol. The Balaban J connectivity index is 1.33. The molecule has 1 amide bonds. The largest absolute Gasteiger partial charge is 0.352 e. The molecule has 3 aromatic rings. The van der Waals surface area contributed by atoms with Crippen molar-refractivity contribution in [3.05, 3.63) is 51.9 Å². The predicted octanol–water partition coefficient (Wildman–Crippen LogP) is 4.22. The topological polar surface area (TPSA) is 49.3 Å². The number of hydrogen-bond acceptors (Lipinski definition) is 5. The van der Waals surface area contributed by atoms with Crippen molar-refractivity contribution in [3.8, 4) is 0 Å². The number of piperazine rings is 1. The average Bonchev–Trinajstić information content (AvgIpc) is 3.56. The summed E-state index contributed by atoms with van der Waals surface area (Å²) < 4.78 is 13.1. The van der Waals surface area contributed by atoms with Gasteiger partial charge in [0.1, 0.15) is 22.3 Å². The number of fused-ring (bicyclic) bond motifs is 1. The van der Waals surface area contributed by atoms with Crippen LogP contribution in [0.2, 0.25) is 0 Å². The number of nitrogens with zero attached hydrogens (tertiary/aromatic N) is 4. The molecule has 5 nitrogen and oxygen atoms in total. The fourth-order valence-electron chi connectivity index (χ4n) is 4.05. The molecule has 7 heteroatoms. The summed E-state index contributed by atoms with van der Waals surface area (Å²) in [5.41, 5.74) is 2.11. The second kappa shape index (κ2) is 7.61. The van der Waals surface area contributed by atoms with Crippen LogP contribution in [0.15, 0.2) is 24.3 Å². The van der Waals surface area contributed by atoms with Crippen LogP contribution in [-0.4, -0.2) is 47.0 Å². The van der Waals surface area contributed by atoms with E-state index in [-0.39, 0.29) is 11.7 Å². The summed E-state index contributed by atoms with van der Waals surface area (Å²) in [5.74, 6) is 2.34. The van der Waals surface area contributed by atoms with E-state index >= 15 is 0 Å². The minimum Gasteiger partial charge on any atom is -0.352 e. The summed E-state index contributed by atoms with van der Waals surface area (Å²) in [6.45, 7) is 7.17. The van der Waals surface area contributed by atoms with Gasteiger partial charge in [0.05, 0.1) is 11.8 Å². The maximum atomic E-state index is 13.1. The number of anilines is 1. The quantitative estimate of drug-likeness (QED) is 0.629.